The molecule has 1 atom stereocenters. The van der Waals surface area contributed by atoms with Crippen molar-refractivity contribution in [2.75, 3.05) is 33.2 Å². The quantitative estimate of drug-likeness (QED) is 0.894. The van der Waals surface area contributed by atoms with E-state index in [4.69, 9.17) is 0 Å². The third-order valence-electron chi connectivity index (χ3n) is 5.74. The van der Waals surface area contributed by atoms with Crippen LogP contribution in [0, 0.1) is 6.92 Å². The third kappa shape index (κ3) is 2.74. The molecular formula is C17H25N5OS. The molecule has 2 aliphatic rings. The van der Waals surface area contributed by atoms with E-state index >= 15 is 0 Å². The molecule has 2 saturated heterocycles. The van der Waals surface area contributed by atoms with E-state index in [1.54, 1.807) is 11.3 Å². The van der Waals surface area contributed by atoms with Crippen LogP contribution in [0.25, 0.3) is 4.96 Å². The van der Waals surface area contributed by atoms with E-state index < -0.39 is 0 Å². The number of hydrogen-bond acceptors (Lipinski definition) is 5. The molecule has 6 nitrogen and oxygen atoms in total. The second-order valence-electron chi connectivity index (χ2n) is 7.16. The zero-order chi connectivity index (χ0) is 16.7. The van der Waals surface area contributed by atoms with E-state index in [1.807, 2.05) is 0 Å². The number of fused-ring (bicyclic) bond motifs is 1. The Kier molecular flexibility index (Phi) is 4.10. The summed E-state index contributed by atoms with van der Waals surface area (Å²) in [5.74, 6) is 0.198. The van der Waals surface area contributed by atoms with Crippen LogP contribution < -0.4 is 5.32 Å². The number of piperazine rings is 1. The summed E-state index contributed by atoms with van der Waals surface area (Å²) in [5, 5.41) is 5.13. The molecule has 2 aromatic heterocycles. The molecule has 4 rings (SSSR count). The second-order valence-corrected chi connectivity index (χ2v) is 8.03. The summed E-state index contributed by atoms with van der Waals surface area (Å²) in [6, 6.07) is 0. The first-order valence-electron chi connectivity index (χ1n) is 8.69. The van der Waals surface area contributed by atoms with E-state index in [0.29, 0.717) is 6.42 Å². The van der Waals surface area contributed by atoms with Crippen molar-refractivity contribution in [3.8, 4) is 0 Å². The largest absolute Gasteiger partial charge is 0.356 e. The fourth-order valence-electron chi connectivity index (χ4n) is 4.16. The molecule has 24 heavy (non-hydrogen) atoms. The molecule has 130 valence electrons. The molecule has 0 aliphatic carbocycles. The summed E-state index contributed by atoms with van der Waals surface area (Å²) in [6.07, 6.45) is 4.74. The Morgan fingerprint density at radius 2 is 2.25 bits per heavy atom. The lowest BCUT2D eigenvalue weighted by molar-refractivity contribution is -0.121. The van der Waals surface area contributed by atoms with Crippen molar-refractivity contribution in [2.45, 2.75) is 38.3 Å². The molecule has 0 radical (unpaired) electrons. The Balaban J connectivity index is 1.55. The van der Waals surface area contributed by atoms with Gasteiger partial charge in [0.05, 0.1) is 11.4 Å². The molecule has 0 aromatic carbocycles. The number of thiazole rings is 1. The summed E-state index contributed by atoms with van der Waals surface area (Å²) in [5.41, 5.74) is 2.55. The van der Waals surface area contributed by atoms with Crippen LogP contribution in [0.4, 0.5) is 0 Å². The Hall–Kier alpha value is -1.44. The molecule has 4 heterocycles. The molecule has 0 saturated carbocycles. The molecule has 1 amide bonds. The van der Waals surface area contributed by atoms with Gasteiger partial charge >= 0.3 is 0 Å². The zero-order valence-corrected chi connectivity index (χ0v) is 15.2. The van der Waals surface area contributed by atoms with Crippen LogP contribution >= 0.6 is 11.3 Å². The van der Waals surface area contributed by atoms with Crippen LogP contribution in [0.15, 0.2) is 11.6 Å². The maximum absolute atomic E-state index is 11.8. The Bertz CT molecular complexity index is 753. The van der Waals surface area contributed by atoms with Crippen molar-refractivity contribution >= 4 is 22.2 Å². The monoisotopic (exact) mass is 347 g/mol. The Labute approximate surface area is 146 Å². The van der Waals surface area contributed by atoms with E-state index in [9.17, 15) is 4.79 Å². The van der Waals surface area contributed by atoms with Gasteiger partial charge in [-0.1, -0.05) is 0 Å². The van der Waals surface area contributed by atoms with Gasteiger partial charge in [-0.2, -0.15) is 0 Å². The van der Waals surface area contributed by atoms with E-state index in [0.717, 1.165) is 56.2 Å². The Morgan fingerprint density at radius 1 is 1.38 bits per heavy atom. The molecule has 1 spiro atoms. The lowest BCUT2D eigenvalue weighted by Crippen LogP contribution is -2.60. The van der Waals surface area contributed by atoms with Crippen LogP contribution in [0.3, 0.4) is 0 Å². The SMILES string of the molecule is Cc1nc2sccn2c1CN1CCN(C)C2(CCNC(=O)CC2)C1. The van der Waals surface area contributed by atoms with E-state index in [1.165, 1.54) is 5.69 Å². The minimum absolute atomic E-state index is 0.115. The fourth-order valence-corrected chi connectivity index (χ4v) is 4.94. The fraction of sp³-hybridized carbons (Fsp3) is 0.647. The number of carbonyl (C=O) groups excluding carboxylic acids is 1. The average molecular weight is 347 g/mol. The van der Waals surface area contributed by atoms with Crippen LogP contribution in [0.5, 0.6) is 0 Å². The molecule has 1 N–H and O–H groups in total. The molecule has 2 aliphatic heterocycles. The predicted molar refractivity (Wildman–Crippen MR) is 95.3 cm³/mol. The number of likely N-dealkylation sites (N-methyl/N-ethyl adjacent to an activating group) is 1. The second kappa shape index (κ2) is 6.13. The van der Waals surface area contributed by atoms with Gasteiger partial charge in [0.15, 0.2) is 4.96 Å². The highest BCUT2D eigenvalue weighted by atomic mass is 32.1. The van der Waals surface area contributed by atoms with Crippen molar-refractivity contribution in [3.63, 3.8) is 0 Å². The topological polar surface area (TPSA) is 52.9 Å². The molecule has 1 unspecified atom stereocenters. The van der Waals surface area contributed by atoms with Gasteiger partial charge in [0.25, 0.3) is 0 Å². The van der Waals surface area contributed by atoms with Gasteiger partial charge in [-0.3, -0.25) is 19.0 Å². The standard InChI is InChI=1S/C17H25N5OS/c1-13-14(22-9-10-24-16(22)19-13)11-21-8-7-20(2)17(12-21)4-3-15(23)18-6-5-17/h9-10H,3-8,11-12H2,1-2H3,(H,18,23). The van der Waals surface area contributed by atoms with E-state index in [-0.39, 0.29) is 11.4 Å². The predicted octanol–water partition coefficient (Wildman–Crippen LogP) is 1.49. The summed E-state index contributed by atoms with van der Waals surface area (Å²) in [6.45, 7) is 6.97. The molecule has 2 fully saturated rings. The van der Waals surface area contributed by atoms with Crippen molar-refractivity contribution in [1.29, 1.82) is 0 Å². The number of hydrogen-bond donors (Lipinski definition) is 1. The highest BCUT2D eigenvalue weighted by Gasteiger charge is 2.41. The molecule has 2 aromatic rings. The van der Waals surface area contributed by atoms with Crippen LogP contribution in [0.1, 0.15) is 30.7 Å². The number of nitrogens with zero attached hydrogens (tertiary/aromatic N) is 4. The van der Waals surface area contributed by atoms with Crippen LogP contribution in [-0.4, -0.2) is 63.9 Å². The van der Waals surface area contributed by atoms with Gasteiger partial charge in [0.2, 0.25) is 5.91 Å². The highest BCUT2D eigenvalue weighted by molar-refractivity contribution is 7.15. The number of imidazole rings is 1. The van der Waals surface area contributed by atoms with Gasteiger partial charge in [-0.25, -0.2) is 4.98 Å². The molecular weight excluding hydrogens is 322 g/mol. The van der Waals surface area contributed by atoms with E-state index in [2.05, 4.69) is 50.0 Å². The van der Waals surface area contributed by atoms with Gasteiger partial charge in [-0.15, -0.1) is 11.3 Å². The van der Waals surface area contributed by atoms with Gasteiger partial charge in [-0.05, 0) is 26.8 Å². The lowest BCUT2D eigenvalue weighted by Gasteiger charge is -2.49. The summed E-state index contributed by atoms with van der Waals surface area (Å²) in [4.78, 5) is 22.5. The Morgan fingerprint density at radius 3 is 3.12 bits per heavy atom. The number of rotatable bonds is 2. The van der Waals surface area contributed by atoms with Gasteiger partial charge in [0, 0.05) is 56.3 Å². The third-order valence-corrected chi connectivity index (χ3v) is 6.50. The van der Waals surface area contributed by atoms with Crippen molar-refractivity contribution in [1.82, 2.24) is 24.5 Å². The summed E-state index contributed by atoms with van der Waals surface area (Å²) < 4.78 is 2.23. The van der Waals surface area contributed by atoms with Crippen molar-refractivity contribution < 1.29 is 4.79 Å². The number of carbonyl (C=O) groups is 1. The average Bonchev–Trinajstić information content (AvgIpc) is 3.05. The van der Waals surface area contributed by atoms with Crippen molar-refractivity contribution in [2.24, 2.45) is 0 Å². The maximum atomic E-state index is 11.8. The minimum atomic E-state index is 0.115. The highest BCUT2D eigenvalue weighted by Crippen LogP contribution is 2.31. The molecule has 0 bridgehead atoms. The maximum Gasteiger partial charge on any atom is 0.220 e. The minimum Gasteiger partial charge on any atom is -0.356 e. The number of aromatic nitrogens is 2. The van der Waals surface area contributed by atoms with Gasteiger partial charge < -0.3 is 5.32 Å². The normalized spacial score (nSPS) is 26.8. The number of nitrogens with one attached hydrogen (secondary N) is 1. The van der Waals surface area contributed by atoms with Crippen LogP contribution in [-0.2, 0) is 11.3 Å². The number of aryl methyl sites for hydroxylation is 1. The summed E-state index contributed by atoms with van der Waals surface area (Å²) >= 11 is 1.69. The van der Waals surface area contributed by atoms with Crippen LogP contribution in [0.2, 0.25) is 0 Å². The lowest BCUT2D eigenvalue weighted by atomic mass is 9.86. The first kappa shape index (κ1) is 16.1. The summed E-state index contributed by atoms with van der Waals surface area (Å²) in [7, 11) is 2.22. The zero-order valence-electron chi connectivity index (χ0n) is 14.4. The van der Waals surface area contributed by atoms with Crippen molar-refractivity contribution in [3.05, 3.63) is 23.0 Å². The molecule has 7 heteroatoms. The first-order chi connectivity index (χ1) is 11.6. The smallest absolute Gasteiger partial charge is 0.220 e. The van der Waals surface area contributed by atoms with Gasteiger partial charge in [0.1, 0.15) is 0 Å². The number of amides is 1. The first-order valence-corrected chi connectivity index (χ1v) is 9.57.